The molecule has 1 fully saturated rings. The van der Waals surface area contributed by atoms with Crippen LogP contribution in [0, 0.1) is 5.92 Å². The normalized spacial score (nSPS) is 24.7. The Morgan fingerprint density at radius 2 is 2.27 bits per heavy atom. The highest BCUT2D eigenvalue weighted by molar-refractivity contribution is 7.80. The van der Waals surface area contributed by atoms with Gasteiger partial charge in [0.05, 0.1) is 16.9 Å². The molecule has 1 saturated heterocycles. The van der Waals surface area contributed by atoms with Gasteiger partial charge in [-0.1, -0.05) is 19.1 Å². The van der Waals surface area contributed by atoms with Crippen molar-refractivity contribution in [3.05, 3.63) is 0 Å². The maximum absolute atomic E-state index is 11.1. The summed E-state index contributed by atoms with van der Waals surface area (Å²) in [6.07, 6.45) is 2.77. The van der Waals surface area contributed by atoms with Gasteiger partial charge in [-0.15, -0.1) is 0 Å². The van der Waals surface area contributed by atoms with E-state index in [-0.39, 0.29) is 17.9 Å². The van der Waals surface area contributed by atoms with Crippen LogP contribution in [0.25, 0.3) is 0 Å². The standard InChI is InChI=1S/C10H19N3OS/c1-2-8(10(12)15)13-5-3-4-7(6-13)9(11)14/h7-8H,2-6H2,1H3,(H2,11,14)(H2,12,15). The Kier molecular flexibility index (Phi) is 4.47. The van der Waals surface area contributed by atoms with E-state index in [4.69, 9.17) is 23.7 Å². The van der Waals surface area contributed by atoms with Gasteiger partial charge in [0.15, 0.2) is 0 Å². The van der Waals surface area contributed by atoms with Crippen molar-refractivity contribution in [2.24, 2.45) is 17.4 Å². The van der Waals surface area contributed by atoms with Crippen LogP contribution in [0.15, 0.2) is 0 Å². The number of amides is 1. The molecule has 0 aromatic heterocycles. The first kappa shape index (κ1) is 12.4. The Bertz CT molecular complexity index is 257. The molecule has 2 unspecified atom stereocenters. The predicted molar refractivity (Wildman–Crippen MR) is 64.4 cm³/mol. The minimum atomic E-state index is -0.211. The average molecular weight is 229 g/mol. The van der Waals surface area contributed by atoms with Crippen molar-refractivity contribution in [1.82, 2.24) is 4.90 Å². The molecule has 1 aliphatic heterocycles. The fourth-order valence-corrected chi connectivity index (χ4v) is 2.48. The van der Waals surface area contributed by atoms with Crippen molar-refractivity contribution in [1.29, 1.82) is 0 Å². The number of nitrogens with two attached hydrogens (primary N) is 2. The minimum absolute atomic E-state index is 0.0397. The van der Waals surface area contributed by atoms with Crippen molar-refractivity contribution in [3.63, 3.8) is 0 Å². The summed E-state index contributed by atoms with van der Waals surface area (Å²) < 4.78 is 0. The van der Waals surface area contributed by atoms with Crippen LogP contribution in [0.3, 0.4) is 0 Å². The van der Waals surface area contributed by atoms with Gasteiger partial charge in [0.25, 0.3) is 0 Å². The highest BCUT2D eigenvalue weighted by Crippen LogP contribution is 2.19. The molecule has 86 valence electrons. The molecule has 1 aliphatic rings. The van der Waals surface area contributed by atoms with Gasteiger partial charge in [0, 0.05) is 6.54 Å². The van der Waals surface area contributed by atoms with Gasteiger partial charge in [-0.05, 0) is 25.8 Å². The Morgan fingerprint density at radius 3 is 2.73 bits per heavy atom. The van der Waals surface area contributed by atoms with Crippen LogP contribution in [0.5, 0.6) is 0 Å². The van der Waals surface area contributed by atoms with Crippen LogP contribution in [-0.2, 0) is 4.79 Å². The van der Waals surface area contributed by atoms with Crippen molar-refractivity contribution in [2.75, 3.05) is 13.1 Å². The van der Waals surface area contributed by atoms with Gasteiger partial charge in [-0.25, -0.2) is 0 Å². The summed E-state index contributed by atoms with van der Waals surface area (Å²) in [5.74, 6) is -0.250. The maximum Gasteiger partial charge on any atom is 0.221 e. The predicted octanol–water partition coefficient (Wildman–Crippen LogP) is 0.248. The number of carbonyl (C=O) groups is 1. The smallest absolute Gasteiger partial charge is 0.221 e. The lowest BCUT2D eigenvalue weighted by Gasteiger charge is -2.36. The summed E-state index contributed by atoms with van der Waals surface area (Å²) in [7, 11) is 0. The topological polar surface area (TPSA) is 72.3 Å². The van der Waals surface area contributed by atoms with E-state index >= 15 is 0 Å². The first-order valence-corrected chi connectivity index (χ1v) is 5.79. The van der Waals surface area contributed by atoms with Gasteiger partial charge in [-0.3, -0.25) is 9.69 Å². The second-order valence-corrected chi connectivity index (χ2v) is 4.53. The lowest BCUT2D eigenvalue weighted by Crippen LogP contribution is -2.50. The highest BCUT2D eigenvalue weighted by Gasteiger charge is 2.28. The van der Waals surface area contributed by atoms with Crippen LogP contribution < -0.4 is 11.5 Å². The van der Waals surface area contributed by atoms with Crippen molar-refractivity contribution < 1.29 is 4.79 Å². The molecule has 15 heavy (non-hydrogen) atoms. The first-order chi connectivity index (χ1) is 7.06. The van der Waals surface area contributed by atoms with Crippen LogP contribution >= 0.6 is 12.2 Å². The SMILES string of the molecule is CCC(C(N)=S)N1CCCC(C(N)=O)C1. The van der Waals surface area contributed by atoms with E-state index in [1.165, 1.54) is 0 Å². The van der Waals surface area contributed by atoms with E-state index in [0.717, 1.165) is 25.8 Å². The fraction of sp³-hybridized carbons (Fsp3) is 0.800. The van der Waals surface area contributed by atoms with E-state index in [0.29, 0.717) is 11.5 Å². The first-order valence-electron chi connectivity index (χ1n) is 5.39. The Morgan fingerprint density at radius 1 is 1.60 bits per heavy atom. The van der Waals surface area contributed by atoms with E-state index < -0.39 is 0 Å². The molecule has 0 aromatic carbocycles. The van der Waals surface area contributed by atoms with E-state index in [2.05, 4.69) is 11.8 Å². The molecule has 0 aromatic rings. The molecule has 0 bridgehead atoms. The molecule has 0 spiro atoms. The van der Waals surface area contributed by atoms with Crippen LogP contribution in [0.2, 0.25) is 0 Å². The molecule has 1 amide bonds. The zero-order valence-electron chi connectivity index (χ0n) is 9.11. The van der Waals surface area contributed by atoms with E-state index in [1.54, 1.807) is 0 Å². The summed E-state index contributed by atoms with van der Waals surface area (Å²) in [5.41, 5.74) is 11.0. The van der Waals surface area contributed by atoms with Crippen LogP contribution in [0.1, 0.15) is 26.2 Å². The molecule has 1 heterocycles. The highest BCUT2D eigenvalue weighted by atomic mass is 32.1. The van der Waals surface area contributed by atoms with Gasteiger partial charge in [0.1, 0.15) is 0 Å². The molecule has 0 aliphatic carbocycles. The number of primary amides is 1. The number of nitrogens with zero attached hydrogens (tertiary/aromatic N) is 1. The molecule has 0 saturated carbocycles. The fourth-order valence-electron chi connectivity index (χ4n) is 2.16. The number of likely N-dealkylation sites (tertiary alicyclic amines) is 1. The quantitative estimate of drug-likeness (QED) is 0.678. The largest absolute Gasteiger partial charge is 0.392 e. The average Bonchev–Trinajstić information content (AvgIpc) is 2.18. The number of carbonyl (C=O) groups excluding carboxylic acids is 1. The zero-order valence-corrected chi connectivity index (χ0v) is 9.93. The Balaban J connectivity index is 2.62. The van der Waals surface area contributed by atoms with Crippen LogP contribution in [-0.4, -0.2) is 34.9 Å². The van der Waals surface area contributed by atoms with Crippen molar-refractivity contribution >= 4 is 23.1 Å². The minimum Gasteiger partial charge on any atom is -0.392 e. The number of rotatable bonds is 4. The molecule has 5 heteroatoms. The molecule has 1 rings (SSSR count). The second-order valence-electron chi connectivity index (χ2n) is 4.06. The van der Waals surface area contributed by atoms with Crippen molar-refractivity contribution in [2.45, 2.75) is 32.2 Å². The van der Waals surface area contributed by atoms with Gasteiger partial charge >= 0.3 is 0 Å². The third kappa shape index (κ3) is 3.14. The third-order valence-electron chi connectivity index (χ3n) is 3.01. The molecule has 2 atom stereocenters. The Labute approximate surface area is 96.0 Å². The van der Waals surface area contributed by atoms with Crippen molar-refractivity contribution in [3.8, 4) is 0 Å². The summed E-state index contributed by atoms with van der Waals surface area (Å²) >= 11 is 5.02. The molecule has 4 N–H and O–H groups in total. The van der Waals surface area contributed by atoms with Gasteiger partial charge in [0.2, 0.25) is 5.91 Å². The summed E-state index contributed by atoms with van der Waals surface area (Å²) in [6.45, 7) is 3.71. The third-order valence-corrected chi connectivity index (χ3v) is 3.28. The Hall–Kier alpha value is -0.680. The number of piperidine rings is 1. The lowest BCUT2D eigenvalue weighted by atomic mass is 9.95. The maximum atomic E-state index is 11.1. The van der Waals surface area contributed by atoms with Crippen LogP contribution in [0.4, 0.5) is 0 Å². The molecule has 4 nitrogen and oxygen atoms in total. The molecule has 0 radical (unpaired) electrons. The van der Waals surface area contributed by atoms with E-state index in [1.807, 2.05) is 0 Å². The monoisotopic (exact) mass is 229 g/mol. The number of hydrogen-bond acceptors (Lipinski definition) is 3. The summed E-state index contributed by atoms with van der Waals surface area (Å²) in [5, 5.41) is 0. The van der Waals surface area contributed by atoms with Gasteiger partial charge < -0.3 is 11.5 Å². The zero-order chi connectivity index (χ0) is 11.4. The summed E-state index contributed by atoms with van der Waals surface area (Å²) in [4.78, 5) is 13.8. The lowest BCUT2D eigenvalue weighted by molar-refractivity contribution is -0.123. The second kappa shape index (κ2) is 5.42. The summed E-state index contributed by atoms with van der Waals surface area (Å²) in [6, 6.07) is 0.113. The van der Waals surface area contributed by atoms with E-state index in [9.17, 15) is 4.79 Å². The molecular weight excluding hydrogens is 210 g/mol. The number of hydrogen-bond donors (Lipinski definition) is 2. The number of thiocarbonyl (C=S) groups is 1. The van der Waals surface area contributed by atoms with Gasteiger partial charge in [-0.2, -0.15) is 0 Å². The molecular formula is C10H19N3OS.